The number of rotatable bonds is 2. The van der Waals surface area contributed by atoms with Crippen LogP contribution in [0.4, 0.5) is 0 Å². The number of aromatic amines is 1. The van der Waals surface area contributed by atoms with Crippen molar-refractivity contribution in [3.8, 4) is 17.3 Å². The van der Waals surface area contributed by atoms with Gasteiger partial charge < -0.3 is 4.98 Å². The molecule has 0 fully saturated rings. The summed E-state index contributed by atoms with van der Waals surface area (Å²) in [7, 11) is 0. The van der Waals surface area contributed by atoms with Gasteiger partial charge in [0.05, 0.1) is 12.5 Å². The minimum Gasteiger partial charge on any atom is -0.322 e. The SMILES string of the molecule is N#CCc1ccc(-c2cc(Cl)ccc2Cl)[nH]c1=O. The van der Waals surface area contributed by atoms with E-state index in [0.29, 0.717) is 26.9 Å². The molecule has 18 heavy (non-hydrogen) atoms. The molecule has 0 aliphatic rings. The van der Waals surface area contributed by atoms with Crippen molar-refractivity contribution in [2.45, 2.75) is 6.42 Å². The summed E-state index contributed by atoms with van der Waals surface area (Å²) in [5.74, 6) is 0. The second-order valence-electron chi connectivity index (χ2n) is 3.69. The zero-order valence-electron chi connectivity index (χ0n) is 9.21. The number of nitrogens with zero attached hydrogens (tertiary/aromatic N) is 1. The number of benzene rings is 1. The molecule has 2 rings (SSSR count). The summed E-state index contributed by atoms with van der Waals surface area (Å²) in [5, 5.41) is 9.61. The Morgan fingerprint density at radius 1 is 1.22 bits per heavy atom. The van der Waals surface area contributed by atoms with Crippen molar-refractivity contribution in [1.82, 2.24) is 4.98 Å². The summed E-state index contributed by atoms with van der Waals surface area (Å²) in [6.45, 7) is 0. The highest BCUT2D eigenvalue weighted by Gasteiger charge is 2.07. The Balaban J connectivity index is 2.53. The minimum absolute atomic E-state index is 0.0822. The molecule has 0 atom stereocenters. The van der Waals surface area contributed by atoms with Crippen molar-refractivity contribution in [1.29, 1.82) is 5.26 Å². The Morgan fingerprint density at radius 3 is 2.67 bits per heavy atom. The fourth-order valence-corrected chi connectivity index (χ4v) is 1.98. The highest BCUT2D eigenvalue weighted by atomic mass is 35.5. The Bertz CT molecular complexity index is 686. The van der Waals surface area contributed by atoms with Crippen LogP contribution in [-0.4, -0.2) is 4.98 Å². The number of H-pyrrole nitrogens is 1. The predicted molar refractivity (Wildman–Crippen MR) is 71.8 cm³/mol. The third kappa shape index (κ3) is 2.56. The molecule has 0 spiro atoms. The number of aromatic nitrogens is 1. The molecule has 3 nitrogen and oxygen atoms in total. The molecule has 0 saturated heterocycles. The third-order valence-electron chi connectivity index (χ3n) is 2.48. The van der Waals surface area contributed by atoms with Gasteiger partial charge in [0, 0.05) is 26.9 Å². The first kappa shape index (κ1) is 12.7. The number of nitriles is 1. The van der Waals surface area contributed by atoms with Crippen molar-refractivity contribution < 1.29 is 0 Å². The molecule has 0 radical (unpaired) electrons. The smallest absolute Gasteiger partial charge is 0.252 e. The lowest BCUT2D eigenvalue weighted by molar-refractivity contribution is 1.13. The van der Waals surface area contributed by atoms with E-state index in [2.05, 4.69) is 4.98 Å². The molecular formula is C13H8Cl2N2O. The van der Waals surface area contributed by atoms with Crippen molar-refractivity contribution in [2.75, 3.05) is 0 Å². The molecule has 2 aromatic rings. The summed E-state index contributed by atoms with van der Waals surface area (Å²) < 4.78 is 0. The summed E-state index contributed by atoms with van der Waals surface area (Å²) in [6.07, 6.45) is 0.0822. The van der Waals surface area contributed by atoms with Crippen molar-refractivity contribution in [2.24, 2.45) is 0 Å². The van der Waals surface area contributed by atoms with E-state index in [1.807, 2.05) is 6.07 Å². The van der Waals surface area contributed by atoms with E-state index in [9.17, 15) is 4.79 Å². The second kappa shape index (κ2) is 5.26. The fraction of sp³-hybridized carbons (Fsp3) is 0.0769. The minimum atomic E-state index is -0.287. The van der Waals surface area contributed by atoms with Crippen LogP contribution in [0.2, 0.25) is 10.0 Å². The van der Waals surface area contributed by atoms with Gasteiger partial charge in [-0.2, -0.15) is 5.26 Å². The maximum Gasteiger partial charge on any atom is 0.252 e. The van der Waals surface area contributed by atoms with Crippen molar-refractivity contribution >= 4 is 23.2 Å². The molecule has 1 aromatic heterocycles. The van der Waals surface area contributed by atoms with Gasteiger partial charge in [-0.3, -0.25) is 4.79 Å². The molecule has 0 aliphatic carbocycles. The molecular weight excluding hydrogens is 271 g/mol. The van der Waals surface area contributed by atoms with E-state index < -0.39 is 0 Å². The Labute approximate surface area is 114 Å². The average molecular weight is 279 g/mol. The molecule has 0 aliphatic heterocycles. The first-order valence-corrected chi connectivity index (χ1v) is 5.92. The summed E-state index contributed by atoms with van der Waals surface area (Å²) >= 11 is 11.9. The van der Waals surface area contributed by atoms with Crippen LogP contribution < -0.4 is 5.56 Å². The largest absolute Gasteiger partial charge is 0.322 e. The van der Waals surface area contributed by atoms with E-state index in [4.69, 9.17) is 28.5 Å². The zero-order valence-corrected chi connectivity index (χ0v) is 10.7. The molecule has 1 aromatic carbocycles. The van der Waals surface area contributed by atoms with Gasteiger partial charge in [0.2, 0.25) is 0 Å². The van der Waals surface area contributed by atoms with Crippen LogP contribution in [0.15, 0.2) is 35.1 Å². The van der Waals surface area contributed by atoms with Gasteiger partial charge in [-0.05, 0) is 24.3 Å². The zero-order chi connectivity index (χ0) is 13.1. The highest BCUT2D eigenvalue weighted by Crippen LogP contribution is 2.28. The quantitative estimate of drug-likeness (QED) is 0.915. The number of pyridine rings is 1. The standard InChI is InChI=1S/C13H8Cl2N2O/c14-9-2-3-11(15)10(7-9)12-4-1-8(5-6-16)13(18)17-12/h1-4,7H,5H2,(H,17,18). The summed E-state index contributed by atoms with van der Waals surface area (Å²) in [6, 6.07) is 10.3. The number of hydrogen-bond donors (Lipinski definition) is 1. The highest BCUT2D eigenvalue weighted by molar-refractivity contribution is 6.35. The second-order valence-corrected chi connectivity index (χ2v) is 4.53. The monoisotopic (exact) mass is 278 g/mol. The fourth-order valence-electron chi connectivity index (χ4n) is 1.59. The maximum atomic E-state index is 11.7. The molecule has 0 unspecified atom stereocenters. The first-order valence-electron chi connectivity index (χ1n) is 5.16. The van der Waals surface area contributed by atoms with Crippen LogP contribution in [0, 0.1) is 11.3 Å². The Kier molecular flexibility index (Phi) is 3.71. The lowest BCUT2D eigenvalue weighted by atomic mass is 10.1. The predicted octanol–water partition coefficient (Wildman–Crippen LogP) is 3.41. The van der Waals surface area contributed by atoms with Crippen molar-refractivity contribution in [3.63, 3.8) is 0 Å². The summed E-state index contributed by atoms with van der Waals surface area (Å²) in [4.78, 5) is 14.4. The van der Waals surface area contributed by atoms with Gasteiger partial charge in [0.15, 0.2) is 0 Å². The van der Waals surface area contributed by atoms with E-state index in [0.717, 1.165) is 0 Å². The van der Waals surface area contributed by atoms with Gasteiger partial charge in [0.1, 0.15) is 0 Å². The molecule has 1 heterocycles. The van der Waals surface area contributed by atoms with Gasteiger partial charge >= 0.3 is 0 Å². The lowest BCUT2D eigenvalue weighted by Crippen LogP contribution is -2.12. The van der Waals surface area contributed by atoms with Crippen LogP contribution >= 0.6 is 23.2 Å². The van der Waals surface area contributed by atoms with Crippen LogP contribution in [-0.2, 0) is 6.42 Å². The van der Waals surface area contributed by atoms with E-state index in [1.165, 1.54) is 0 Å². The summed E-state index contributed by atoms with van der Waals surface area (Å²) in [5.41, 5.74) is 1.38. The number of halogens is 2. The van der Waals surface area contributed by atoms with Gasteiger partial charge in [-0.1, -0.05) is 29.3 Å². The topological polar surface area (TPSA) is 56.6 Å². The van der Waals surface area contributed by atoms with Gasteiger partial charge in [-0.25, -0.2) is 0 Å². The van der Waals surface area contributed by atoms with Crippen LogP contribution in [0.5, 0.6) is 0 Å². The van der Waals surface area contributed by atoms with Gasteiger partial charge in [0.25, 0.3) is 5.56 Å². The van der Waals surface area contributed by atoms with Crippen LogP contribution in [0.1, 0.15) is 5.56 Å². The van der Waals surface area contributed by atoms with Crippen molar-refractivity contribution in [3.05, 3.63) is 56.3 Å². The van der Waals surface area contributed by atoms with E-state index >= 15 is 0 Å². The van der Waals surface area contributed by atoms with Gasteiger partial charge in [-0.15, -0.1) is 0 Å². The maximum absolute atomic E-state index is 11.7. The van der Waals surface area contributed by atoms with E-state index in [-0.39, 0.29) is 12.0 Å². The molecule has 5 heteroatoms. The molecule has 0 amide bonds. The van der Waals surface area contributed by atoms with Crippen LogP contribution in [0.25, 0.3) is 11.3 Å². The molecule has 0 saturated carbocycles. The molecule has 1 N–H and O–H groups in total. The van der Waals surface area contributed by atoms with E-state index in [1.54, 1.807) is 30.3 Å². The number of nitrogens with one attached hydrogen (secondary N) is 1. The lowest BCUT2D eigenvalue weighted by Gasteiger charge is -2.05. The molecule has 0 bridgehead atoms. The van der Waals surface area contributed by atoms with Crippen LogP contribution in [0.3, 0.4) is 0 Å². The third-order valence-corrected chi connectivity index (χ3v) is 3.04. The Morgan fingerprint density at radius 2 is 2.00 bits per heavy atom. The first-order chi connectivity index (χ1) is 8.61. The Hall–Kier alpha value is -1.76. The average Bonchev–Trinajstić information content (AvgIpc) is 2.35. The normalized spacial score (nSPS) is 10.1. The number of hydrogen-bond acceptors (Lipinski definition) is 2. The molecule has 90 valence electrons.